The second-order valence-electron chi connectivity index (χ2n) is 9.12. The Hall–Kier alpha value is -3.80. The molecule has 2 aromatic heterocycles. The van der Waals surface area contributed by atoms with Crippen molar-refractivity contribution < 1.29 is 27.4 Å². The van der Waals surface area contributed by atoms with Crippen molar-refractivity contribution in [2.75, 3.05) is 49.2 Å². The number of likely N-dealkylation sites (tertiary alicyclic amines) is 1. The number of halogens is 3. The summed E-state index contributed by atoms with van der Waals surface area (Å²) in [7, 11) is 0. The summed E-state index contributed by atoms with van der Waals surface area (Å²) >= 11 is 0. The van der Waals surface area contributed by atoms with E-state index in [-0.39, 0.29) is 29.7 Å². The Morgan fingerprint density at radius 3 is 2.81 bits per heavy atom. The lowest BCUT2D eigenvalue weighted by molar-refractivity contribution is 0.0307. The van der Waals surface area contributed by atoms with Crippen LogP contribution in [0.1, 0.15) is 18.4 Å². The molecule has 0 unspecified atom stereocenters. The third kappa shape index (κ3) is 5.19. The van der Waals surface area contributed by atoms with E-state index < -0.39 is 18.3 Å². The molecule has 3 aromatic rings. The van der Waals surface area contributed by atoms with Crippen molar-refractivity contribution in [1.82, 2.24) is 14.9 Å². The number of hydrogen-bond donors (Lipinski definition) is 3. The average molecular weight is 517 g/mol. The summed E-state index contributed by atoms with van der Waals surface area (Å²) in [5, 5.41) is 6.80. The van der Waals surface area contributed by atoms with Crippen molar-refractivity contribution in [2.24, 2.45) is 0 Å². The smallest absolute Gasteiger partial charge is 0.413 e. The van der Waals surface area contributed by atoms with Gasteiger partial charge in [-0.25, -0.2) is 27.9 Å². The maximum atomic E-state index is 15.3. The van der Waals surface area contributed by atoms with Crippen LogP contribution >= 0.6 is 0 Å². The predicted molar refractivity (Wildman–Crippen MR) is 134 cm³/mol. The third-order valence-electron chi connectivity index (χ3n) is 6.67. The van der Waals surface area contributed by atoms with Gasteiger partial charge >= 0.3 is 6.09 Å². The van der Waals surface area contributed by atoms with Crippen LogP contribution in [-0.2, 0) is 4.74 Å². The fourth-order valence-electron chi connectivity index (χ4n) is 4.74. The molecule has 9 nitrogen and oxygen atoms in total. The molecule has 4 heterocycles. The van der Waals surface area contributed by atoms with Gasteiger partial charge in [-0.05, 0) is 42.8 Å². The Morgan fingerprint density at radius 1 is 1.27 bits per heavy atom. The third-order valence-corrected chi connectivity index (χ3v) is 6.67. The number of alkyl halides is 2. The number of hydrogen-bond acceptors (Lipinski definition) is 8. The quantitative estimate of drug-likeness (QED) is 0.428. The molecule has 1 amide bonds. The first-order valence-electron chi connectivity index (χ1n) is 12.0. The highest BCUT2D eigenvalue weighted by atomic mass is 19.3. The lowest BCUT2D eigenvalue weighted by Gasteiger charge is -2.31. The van der Waals surface area contributed by atoms with Gasteiger partial charge in [-0.3, -0.25) is 10.2 Å². The summed E-state index contributed by atoms with van der Waals surface area (Å²) < 4.78 is 51.4. The molecule has 1 fully saturated rings. The molecule has 0 radical (unpaired) electrons. The van der Waals surface area contributed by atoms with Crippen molar-refractivity contribution in [3.05, 3.63) is 35.9 Å². The molecule has 2 aliphatic heterocycles. The molecular formula is C25H27F3N6O3. The van der Waals surface area contributed by atoms with E-state index >= 15 is 4.39 Å². The predicted octanol–water partition coefficient (Wildman–Crippen LogP) is 4.41. The monoisotopic (exact) mass is 516 g/mol. The molecule has 2 aliphatic rings. The van der Waals surface area contributed by atoms with Crippen molar-refractivity contribution in [2.45, 2.75) is 32.3 Å². The van der Waals surface area contributed by atoms with Crippen LogP contribution in [0.2, 0.25) is 0 Å². The molecule has 4 N–H and O–H groups in total. The summed E-state index contributed by atoms with van der Waals surface area (Å²) in [4.78, 5) is 22.6. The summed E-state index contributed by atoms with van der Waals surface area (Å²) in [6.07, 6.45) is 0.425. The molecule has 1 saturated heterocycles. The first-order chi connectivity index (χ1) is 17.8. The summed E-state index contributed by atoms with van der Waals surface area (Å²) in [5.74, 6) is 0.0877. The number of benzene rings is 1. The Kier molecular flexibility index (Phi) is 6.92. The normalized spacial score (nSPS) is 16.2. The van der Waals surface area contributed by atoms with E-state index in [1.807, 2.05) is 6.92 Å². The number of nitrogen functional groups attached to an aromatic ring is 1. The van der Waals surface area contributed by atoms with E-state index in [0.29, 0.717) is 67.0 Å². The number of aromatic nitrogens is 2. The Labute approximate surface area is 211 Å². The van der Waals surface area contributed by atoms with Crippen molar-refractivity contribution in [1.29, 1.82) is 0 Å². The number of piperidine rings is 1. The first kappa shape index (κ1) is 24.9. The summed E-state index contributed by atoms with van der Waals surface area (Å²) in [5.41, 5.74) is 8.37. The number of ether oxygens (including phenoxy) is 2. The zero-order chi connectivity index (χ0) is 26.1. The minimum atomic E-state index is -2.39. The van der Waals surface area contributed by atoms with Gasteiger partial charge in [-0.2, -0.15) is 0 Å². The highest BCUT2D eigenvalue weighted by Crippen LogP contribution is 2.39. The maximum Gasteiger partial charge on any atom is 0.413 e. The number of nitrogens with two attached hydrogens (primary N) is 1. The molecule has 0 spiro atoms. The molecule has 1 aromatic carbocycles. The zero-order valence-electron chi connectivity index (χ0n) is 20.2. The van der Waals surface area contributed by atoms with Gasteiger partial charge in [0, 0.05) is 48.5 Å². The van der Waals surface area contributed by atoms with E-state index in [2.05, 4.69) is 20.6 Å². The number of rotatable bonds is 5. The van der Waals surface area contributed by atoms with Gasteiger partial charge in [0.05, 0.1) is 12.2 Å². The molecule has 0 bridgehead atoms. The number of nitrogens with zero attached hydrogens (tertiary/aromatic N) is 3. The second-order valence-corrected chi connectivity index (χ2v) is 9.12. The van der Waals surface area contributed by atoms with Crippen LogP contribution < -0.4 is 21.1 Å². The highest BCUT2D eigenvalue weighted by Gasteiger charge is 2.25. The van der Waals surface area contributed by atoms with Crippen molar-refractivity contribution >= 4 is 34.1 Å². The summed E-state index contributed by atoms with van der Waals surface area (Å²) in [6, 6.07) is 3.22. The number of pyridine rings is 2. The Bertz CT molecular complexity index is 1330. The standard InChI is InChI=1S/C25H27F3N6O3/c1-13-17(10-32-24-23(13)30-4-7-36-24)16-8-14-9-20(31-11-18(14)22(29)21(16)28)33-25(35)37-15-2-5-34(6-3-15)12-19(26)27/h8-11,15,19,30H,2-7,12,29H2,1H3,(H,31,33,35). The summed E-state index contributed by atoms with van der Waals surface area (Å²) in [6.45, 7) is 3.56. The van der Waals surface area contributed by atoms with E-state index in [4.69, 9.17) is 15.2 Å². The number of nitrogens with one attached hydrogen (secondary N) is 2. The molecule has 0 aliphatic carbocycles. The van der Waals surface area contributed by atoms with Crippen LogP contribution in [0.5, 0.6) is 5.88 Å². The van der Waals surface area contributed by atoms with Crippen LogP contribution in [-0.4, -0.2) is 66.3 Å². The minimum absolute atomic E-state index is 0.0639. The lowest BCUT2D eigenvalue weighted by atomic mass is 9.97. The van der Waals surface area contributed by atoms with E-state index in [9.17, 15) is 13.6 Å². The van der Waals surface area contributed by atoms with Gasteiger partial charge in [0.2, 0.25) is 5.88 Å². The number of anilines is 3. The number of carbonyl (C=O) groups excluding carboxylic acids is 1. The largest absolute Gasteiger partial charge is 0.474 e. The molecule has 0 atom stereocenters. The fourth-order valence-corrected chi connectivity index (χ4v) is 4.74. The zero-order valence-corrected chi connectivity index (χ0v) is 20.2. The first-order valence-corrected chi connectivity index (χ1v) is 12.0. The van der Waals surface area contributed by atoms with E-state index in [1.54, 1.807) is 23.2 Å². The van der Waals surface area contributed by atoms with Crippen LogP contribution in [0.25, 0.3) is 21.9 Å². The molecule has 0 saturated carbocycles. The number of amides is 1. The Morgan fingerprint density at radius 2 is 2.05 bits per heavy atom. The maximum absolute atomic E-state index is 15.3. The SMILES string of the molecule is Cc1c(-c2cc3cc(NC(=O)OC4CCN(CC(F)F)CC4)ncc3c(N)c2F)cnc2c1NCCO2. The highest BCUT2D eigenvalue weighted by molar-refractivity contribution is 5.99. The van der Waals surface area contributed by atoms with Crippen LogP contribution in [0, 0.1) is 12.7 Å². The van der Waals surface area contributed by atoms with Crippen molar-refractivity contribution in [3.8, 4) is 17.0 Å². The van der Waals surface area contributed by atoms with Gasteiger partial charge < -0.3 is 20.5 Å². The van der Waals surface area contributed by atoms with Gasteiger partial charge in [0.25, 0.3) is 6.43 Å². The van der Waals surface area contributed by atoms with Crippen molar-refractivity contribution in [3.63, 3.8) is 0 Å². The van der Waals surface area contributed by atoms with Gasteiger partial charge in [-0.15, -0.1) is 0 Å². The molecule has 37 heavy (non-hydrogen) atoms. The van der Waals surface area contributed by atoms with Crippen LogP contribution in [0.4, 0.5) is 35.2 Å². The molecule has 12 heteroatoms. The Balaban J connectivity index is 1.34. The van der Waals surface area contributed by atoms with E-state index in [1.165, 1.54) is 6.20 Å². The fraction of sp³-hybridized carbons (Fsp3) is 0.400. The minimum Gasteiger partial charge on any atom is -0.474 e. The number of carbonyl (C=O) groups is 1. The second kappa shape index (κ2) is 10.3. The van der Waals surface area contributed by atoms with E-state index in [0.717, 1.165) is 5.56 Å². The molecule has 5 rings (SSSR count). The topological polar surface area (TPSA) is 115 Å². The van der Waals surface area contributed by atoms with Gasteiger partial charge in [-0.1, -0.05) is 0 Å². The lowest BCUT2D eigenvalue weighted by Crippen LogP contribution is -2.40. The van der Waals surface area contributed by atoms with Crippen LogP contribution in [0.3, 0.4) is 0 Å². The van der Waals surface area contributed by atoms with Gasteiger partial charge in [0.15, 0.2) is 5.82 Å². The average Bonchev–Trinajstić information content (AvgIpc) is 2.87. The molecule has 196 valence electrons. The molecular weight excluding hydrogens is 489 g/mol. The number of fused-ring (bicyclic) bond motifs is 2. The van der Waals surface area contributed by atoms with Crippen LogP contribution in [0.15, 0.2) is 24.5 Å². The van der Waals surface area contributed by atoms with Gasteiger partial charge in [0.1, 0.15) is 24.2 Å².